The van der Waals surface area contributed by atoms with Crippen LogP contribution in [0, 0.1) is 0 Å². The Morgan fingerprint density at radius 2 is 1.64 bits per heavy atom. The number of rotatable bonds is 6. The first-order valence-electron chi connectivity index (χ1n) is 9.55. The molecule has 1 aliphatic heterocycles. The summed E-state index contributed by atoms with van der Waals surface area (Å²) >= 11 is 0. The summed E-state index contributed by atoms with van der Waals surface area (Å²) < 4.78 is 5.38. The highest BCUT2D eigenvalue weighted by atomic mass is 16.6. The molecule has 3 amide bonds. The van der Waals surface area contributed by atoms with E-state index in [9.17, 15) is 14.4 Å². The van der Waals surface area contributed by atoms with Crippen LogP contribution in [-0.2, 0) is 9.53 Å². The number of amides is 3. The number of ether oxygens (including phenoxy) is 1. The number of benzene rings is 1. The second-order valence-electron chi connectivity index (χ2n) is 7.71. The van der Waals surface area contributed by atoms with Gasteiger partial charge in [0.2, 0.25) is 5.91 Å². The van der Waals surface area contributed by atoms with Gasteiger partial charge >= 0.3 is 6.09 Å². The largest absolute Gasteiger partial charge is 0.444 e. The number of nitrogens with zero attached hydrogens (tertiary/aromatic N) is 2. The van der Waals surface area contributed by atoms with Crippen LogP contribution in [0.25, 0.3) is 0 Å². The molecule has 0 unspecified atom stereocenters. The summed E-state index contributed by atoms with van der Waals surface area (Å²) in [5, 5.41) is 5.40. The first kappa shape index (κ1) is 21.7. The van der Waals surface area contributed by atoms with Crippen molar-refractivity contribution in [1.82, 2.24) is 20.4 Å². The van der Waals surface area contributed by atoms with Gasteiger partial charge in [0.05, 0.1) is 6.54 Å². The lowest BCUT2D eigenvalue weighted by Crippen LogP contribution is -2.51. The Kier molecular flexibility index (Phi) is 7.80. The molecular formula is C20H30N4O4. The summed E-state index contributed by atoms with van der Waals surface area (Å²) in [4.78, 5) is 39.7. The predicted molar refractivity (Wildman–Crippen MR) is 106 cm³/mol. The van der Waals surface area contributed by atoms with E-state index >= 15 is 0 Å². The van der Waals surface area contributed by atoms with Gasteiger partial charge in [-0.1, -0.05) is 18.2 Å². The maximum atomic E-state index is 12.0. The van der Waals surface area contributed by atoms with Crippen molar-refractivity contribution in [2.24, 2.45) is 0 Å². The Bertz CT molecular complexity index is 665. The molecule has 1 saturated heterocycles. The van der Waals surface area contributed by atoms with Gasteiger partial charge in [-0.25, -0.2) is 4.79 Å². The number of hydrogen-bond acceptors (Lipinski definition) is 5. The number of hydrogen-bond donors (Lipinski definition) is 2. The molecule has 0 aromatic heterocycles. The van der Waals surface area contributed by atoms with Crippen LogP contribution in [0.15, 0.2) is 30.3 Å². The standard InChI is InChI=1S/C20H30N4O4/c1-20(2,3)28-19(27)24-13-11-23(12-14-24)10-9-21-17(25)15-22-18(26)16-7-5-4-6-8-16/h4-8H,9-15H2,1-3H3,(H,21,25)(H,22,26). The van der Waals surface area contributed by atoms with Gasteiger partial charge in [0.25, 0.3) is 5.91 Å². The van der Waals surface area contributed by atoms with Gasteiger partial charge in [0, 0.05) is 44.8 Å². The Balaban J connectivity index is 1.59. The lowest BCUT2D eigenvalue weighted by Gasteiger charge is -2.35. The molecule has 1 aliphatic rings. The van der Waals surface area contributed by atoms with E-state index in [0.717, 1.165) is 13.1 Å². The van der Waals surface area contributed by atoms with Crippen LogP contribution in [-0.4, -0.2) is 79.1 Å². The summed E-state index contributed by atoms with van der Waals surface area (Å²) in [6.07, 6.45) is -0.283. The van der Waals surface area contributed by atoms with E-state index in [4.69, 9.17) is 4.74 Å². The average molecular weight is 390 g/mol. The molecule has 28 heavy (non-hydrogen) atoms. The molecule has 0 bridgehead atoms. The smallest absolute Gasteiger partial charge is 0.410 e. The van der Waals surface area contributed by atoms with E-state index in [1.807, 2.05) is 26.8 Å². The van der Waals surface area contributed by atoms with Gasteiger partial charge in [-0.15, -0.1) is 0 Å². The zero-order valence-electron chi connectivity index (χ0n) is 16.9. The first-order valence-corrected chi connectivity index (χ1v) is 9.55. The van der Waals surface area contributed by atoms with Crippen LogP contribution in [0.2, 0.25) is 0 Å². The molecule has 0 aliphatic carbocycles. The van der Waals surface area contributed by atoms with Crippen molar-refractivity contribution in [3.63, 3.8) is 0 Å². The SMILES string of the molecule is CC(C)(C)OC(=O)N1CCN(CCNC(=O)CNC(=O)c2ccccc2)CC1. The molecule has 1 aromatic carbocycles. The van der Waals surface area contributed by atoms with Crippen molar-refractivity contribution in [2.45, 2.75) is 26.4 Å². The quantitative estimate of drug-likeness (QED) is 0.759. The van der Waals surface area contributed by atoms with Crippen molar-refractivity contribution in [3.8, 4) is 0 Å². The van der Waals surface area contributed by atoms with Crippen molar-refractivity contribution >= 4 is 17.9 Å². The number of nitrogens with one attached hydrogen (secondary N) is 2. The van der Waals surface area contributed by atoms with E-state index in [1.165, 1.54) is 0 Å². The van der Waals surface area contributed by atoms with Gasteiger partial charge < -0.3 is 20.3 Å². The van der Waals surface area contributed by atoms with Gasteiger partial charge in [-0.3, -0.25) is 14.5 Å². The van der Waals surface area contributed by atoms with E-state index in [0.29, 0.717) is 31.7 Å². The molecule has 8 heteroatoms. The molecule has 0 atom stereocenters. The zero-order chi connectivity index (χ0) is 20.6. The van der Waals surface area contributed by atoms with Crippen molar-refractivity contribution in [3.05, 3.63) is 35.9 Å². The maximum Gasteiger partial charge on any atom is 0.410 e. The second-order valence-corrected chi connectivity index (χ2v) is 7.71. The molecule has 0 radical (unpaired) electrons. The minimum absolute atomic E-state index is 0.0554. The minimum atomic E-state index is -0.492. The minimum Gasteiger partial charge on any atom is -0.444 e. The molecular weight excluding hydrogens is 360 g/mol. The Labute approximate surface area is 166 Å². The molecule has 154 valence electrons. The fourth-order valence-electron chi connectivity index (χ4n) is 2.75. The average Bonchev–Trinajstić information content (AvgIpc) is 2.66. The van der Waals surface area contributed by atoms with Crippen LogP contribution >= 0.6 is 0 Å². The Hall–Kier alpha value is -2.61. The Morgan fingerprint density at radius 3 is 2.25 bits per heavy atom. The maximum absolute atomic E-state index is 12.0. The number of carbonyl (C=O) groups is 3. The van der Waals surface area contributed by atoms with Crippen LogP contribution in [0.1, 0.15) is 31.1 Å². The van der Waals surface area contributed by atoms with E-state index in [2.05, 4.69) is 15.5 Å². The summed E-state index contributed by atoms with van der Waals surface area (Å²) in [6.45, 7) is 9.38. The zero-order valence-corrected chi connectivity index (χ0v) is 16.9. The lowest BCUT2D eigenvalue weighted by molar-refractivity contribution is -0.120. The third-order valence-corrected chi connectivity index (χ3v) is 4.22. The van der Waals surface area contributed by atoms with Gasteiger partial charge in [0.1, 0.15) is 5.60 Å². The summed E-state index contributed by atoms with van der Waals surface area (Å²) in [5.74, 6) is -0.495. The van der Waals surface area contributed by atoms with Crippen LogP contribution in [0.4, 0.5) is 4.79 Å². The third kappa shape index (κ3) is 7.56. The van der Waals surface area contributed by atoms with Crippen LogP contribution < -0.4 is 10.6 Å². The van der Waals surface area contributed by atoms with E-state index in [1.54, 1.807) is 29.2 Å². The van der Waals surface area contributed by atoms with Crippen molar-refractivity contribution in [2.75, 3.05) is 45.8 Å². The van der Waals surface area contributed by atoms with Gasteiger partial charge in [0.15, 0.2) is 0 Å². The van der Waals surface area contributed by atoms with E-state index in [-0.39, 0.29) is 24.5 Å². The number of carbonyl (C=O) groups excluding carboxylic acids is 3. The molecule has 2 N–H and O–H groups in total. The summed E-state index contributed by atoms with van der Waals surface area (Å²) in [6, 6.07) is 8.78. The summed E-state index contributed by atoms with van der Waals surface area (Å²) in [5.41, 5.74) is 0.0344. The Morgan fingerprint density at radius 1 is 1.00 bits per heavy atom. The third-order valence-electron chi connectivity index (χ3n) is 4.22. The fourth-order valence-corrected chi connectivity index (χ4v) is 2.75. The first-order chi connectivity index (χ1) is 13.2. The molecule has 1 heterocycles. The van der Waals surface area contributed by atoms with E-state index < -0.39 is 5.60 Å². The molecule has 1 aromatic rings. The topological polar surface area (TPSA) is 91.0 Å². The highest BCUT2D eigenvalue weighted by Crippen LogP contribution is 2.11. The second kappa shape index (κ2) is 10.1. The molecule has 0 spiro atoms. The molecule has 8 nitrogen and oxygen atoms in total. The van der Waals surface area contributed by atoms with Gasteiger partial charge in [-0.05, 0) is 32.9 Å². The molecule has 1 fully saturated rings. The van der Waals surface area contributed by atoms with Crippen LogP contribution in [0.5, 0.6) is 0 Å². The van der Waals surface area contributed by atoms with Crippen molar-refractivity contribution in [1.29, 1.82) is 0 Å². The number of piperazine rings is 1. The lowest BCUT2D eigenvalue weighted by atomic mass is 10.2. The molecule has 0 saturated carbocycles. The van der Waals surface area contributed by atoms with Crippen LogP contribution in [0.3, 0.4) is 0 Å². The highest BCUT2D eigenvalue weighted by molar-refractivity contribution is 5.96. The highest BCUT2D eigenvalue weighted by Gasteiger charge is 2.25. The normalized spacial score (nSPS) is 15.0. The predicted octanol–water partition coefficient (Wildman–Crippen LogP) is 1.09. The fraction of sp³-hybridized carbons (Fsp3) is 0.550. The summed E-state index contributed by atoms with van der Waals surface area (Å²) in [7, 11) is 0. The molecule has 2 rings (SSSR count). The van der Waals surface area contributed by atoms with Crippen molar-refractivity contribution < 1.29 is 19.1 Å². The van der Waals surface area contributed by atoms with Gasteiger partial charge in [-0.2, -0.15) is 0 Å². The monoisotopic (exact) mass is 390 g/mol.